The largest absolute Gasteiger partial charge is 0.502 e. The first-order valence-corrected chi connectivity index (χ1v) is 13.2. The highest BCUT2D eigenvalue weighted by atomic mass is 32.3. The standard InChI is InChI=1S/C25H27N3O5S/c1-34(32,33)15-14-26-16-28(27-13-12-21(29)24(30)23(27)25(26)31)22-19-8-4-2-6-17(19)10-11-18-7-3-5-9-20(18)22/h2-9,12-13,22,30,32-33H,10-11,14-16H2,1H3. The topological polar surface area (TPSA) is 106 Å². The molecule has 34 heavy (non-hydrogen) atoms. The first kappa shape index (κ1) is 22.5. The van der Waals surface area contributed by atoms with E-state index in [-0.39, 0.29) is 30.7 Å². The summed E-state index contributed by atoms with van der Waals surface area (Å²) in [5, 5.41) is 12.6. The number of aromatic hydroxyl groups is 1. The highest BCUT2D eigenvalue weighted by Crippen LogP contribution is 2.39. The number of nitrogens with zero attached hydrogens (tertiary/aromatic N) is 3. The maximum absolute atomic E-state index is 13.3. The molecule has 3 aromatic rings. The molecule has 2 aromatic carbocycles. The van der Waals surface area contributed by atoms with Gasteiger partial charge in [0.25, 0.3) is 5.91 Å². The van der Waals surface area contributed by atoms with Crippen LogP contribution in [0.25, 0.3) is 0 Å². The second-order valence-electron chi connectivity index (χ2n) is 8.87. The van der Waals surface area contributed by atoms with Crippen LogP contribution in [-0.4, -0.2) is 54.9 Å². The number of hydrogen-bond donors (Lipinski definition) is 3. The maximum atomic E-state index is 13.3. The van der Waals surface area contributed by atoms with Crippen molar-refractivity contribution in [3.05, 3.63) is 99.0 Å². The highest BCUT2D eigenvalue weighted by Gasteiger charge is 2.38. The summed E-state index contributed by atoms with van der Waals surface area (Å²) in [6.45, 7) is 0.226. The minimum Gasteiger partial charge on any atom is -0.502 e. The van der Waals surface area contributed by atoms with Crippen LogP contribution in [0.2, 0.25) is 0 Å². The molecule has 1 aliphatic heterocycles. The molecule has 0 atom stereocenters. The molecule has 0 saturated carbocycles. The molecule has 0 radical (unpaired) electrons. The summed E-state index contributed by atoms with van der Waals surface area (Å²) >= 11 is 0. The van der Waals surface area contributed by atoms with E-state index in [2.05, 4.69) is 24.3 Å². The molecular formula is C25H27N3O5S. The van der Waals surface area contributed by atoms with E-state index in [0.717, 1.165) is 24.0 Å². The second-order valence-corrected chi connectivity index (χ2v) is 11.3. The van der Waals surface area contributed by atoms with E-state index < -0.39 is 27.7 Å². The molecule has 2 heterocycles. The Morgan fingerprint density at radius 3 is 2.12 bits per heavy atom. The van der Waals surface area contributed by atoms with Gasteiger partial charge in [0, 0.05) is 25.1 Å². The number of aromatic nitrogens is 1. The van der Waals surface area contributed by atoms with Crippen molar-refractivity contribution in [2.75, 3.05) is 30.2 Å². The average Bonchev–Trinajstić information content (AvgIpc) is 2.97. The lowest BCUT2D eigenvalue weighted by atomic mass is 9.94. The van der Waals surface area contributed by atoms with Crippen LogP contribution >= 0.6 is 10.6 Å². The monoisotopic (exact) mass is 481 g/mol. The smallest absolute Gasteiger partial charge is 0.277 e. The number of rotatable bonds is 4. The van der Waals surface area contributed by atoms with Crippen molar-refractivity contribution in [3.63, 3.8) is 0 Å². The molecular weight excluding hydrogens is 454 g/mol. The van der Waals surface area contributed by atoms with Gasteiger partial charge in [-0.15, -0.1) is 0 Å². The lowest BCUT2D eigenvalue weighted by molar-refractivity contribution is 0.0691. The van der Waals surface area contributed by atoms with Crippen molar-refractivity contribution in [1.29, 1.82) is 0 Å². The van der Waals surface area contributed by atoms with Gasteiger partial charge >= 0.3 is 0 Å². The molecule has 8 nitrogen and oxygen atoms in total. The first-order valence-electron chi connectivity index (χ1n) is 11.1. The maximum Gasteiger partial charge on any atom is 0.277 e. The predicted octanol–water partition coefficient (Wildman–Crippen LogP) is 3.17. The molecule has 0 saturated heterocycles. The van der Waals surface area contributed by atoms with Gasteiger partial charge < -0.3 is 10.0 Å². The number of pyridine rings is 1. The molecule has 9 heteroatoms. The summed E-state index contributed by atoms with van der Waals surface area (Å²) in [6.07, 6.45) is 4.61. The van der Waals surface area contributed by atoms with Gasteiger partial charge in [0.05, 0.1) is 11.8 Å². The molecule has 0 bridgehead atoms. The minimum atomic E-state index is -2.83. The quantitative estimate of drug-likeness (QED) is 0.529. The Morgan fingerprint density at radius 2 is 1.53 bits per heavy atom. The van der Waals surface area contributed by atoms with Crippen LogP contribution in [0, 0.1) is 0 Å². The minimum absolute atomic E-state index is 0.00223. The van der Waals surface area contributed by atoms with Gasteiger partial charge in [-0.25, -0.2) is 0 Å². The van der Waals surface area contributed by atoms with Crippen LogP contribution in [0.15, 0.2) is 65.6 Å². The highest BCUT2D eigenvalue weighted by molar-refractivity contribution is 8.23. The molecule has 2 aliphatic rings. The normalized spacial score (nSPS) is 16.5. The third-order valence-electron chi connectivity index (χ3n) is 6.55. The van der Waals surface area contributed by atoms with Crippen LogP contribution in [-0.2, 0) is 12.8 Å². The summed E-state index contributed by atoms with van der Waals surface area (Å²) in [5.41, 5.74) is 3.81. The van der Waals surface area contributed by atoms with Crippen LogP contribution < -0.4 is 10.4 Å². The van der Waals surface area contributed by atoms with Crippen LogP contribution in [0.4, 0.5) is 0 Å². The lowest BCUT2D eigenvalue weighted by Crippen LogP contribution is -2.56. The van der Waals surface area contributed by atoms with E-state index in [4.69, 9.17) is 0 Å². The van der Waals surface area contributed by atoms with Gasteiger partial charge in [-0.05, 0) is 35.1 Å². The third-order valence-corrected chi connectivity index (χ3v) is 7.50. The molecule has 1 aliphatic carbocycles. The SMILES string of the molecule is CS(O)(O)CCN1CN(C2c3ccccc3CCc3ccccc32)n2ccc(=O)c(O)c2C1=O. The fraction of sp³-hybridized carbons (Fsp3) is 0.280. The fourth-order valence-electron chi connectivity index (χ4n) is 4.86. The fourth-order valence-corrected chi connectivity index (χ4v) is 5.43. The van der Waals surface area contributed by atoms with Crippen molar-refractivity contribution in [3.8, 4) is 5.75 Å². The predicted molar refractivity (Wildman–Crippen MR) is 132 cm³/mol. The lowest BCUT2D eigenvalue weighted by Gasteiger charge is -2.45. The van der Waals surface area contributed by atoms with Crippen LogP contribution in [0.1, 0.15) is 38.8 Å². The summed E-state index contributed by atoms with van der Waals surface area (Å²) in [4.78, 5) is 27.0. The van der Waals surface area contributed by atoms with Crippen LogP contribution in [0.3, 0.4) is 0 Å². The molecule has 0 fully saturated rings. The number of aryl methyl sites for hydroxylation is 2. The Labute approximate surface area is 199 Å². The number of carbonyl (C=O) groups excluding carboxylic acids is 1. The zero-order chi connectivity index (χ0) is 24.0. The van der Waals surface area contributed by atoms with Crippen LogP contribution in [0.5, 0.6) is 5.75 Å². The van der Waals surface area contributed by atoms with E-state index in [1.54, 1.807) is 4.68 Å². The van der Waals surface area contributed by atoms with Gasteiger partial charge in [-0.2, -0.15) is 10.6 Å². The number of carbonyl (C=O) groups is 1. The summed E-state index contributed by atoms with van der Waals surface area (Å²) in [5.74, 6) is -1.13. The zero-order valence-electron chi connectivity index (χ0n) is 18.8. The summed E-state index contributed by atoms with van der Waals surface area (Å²) < 4.78 is 21.4. The van der Waals surface area contributed by atoms with Crippen molar-refractivity contribution >= 4 is 16.5 Å². The zero-order valence-corrected chi connectivity index (χ0v) is 19.6. The number of amides is 1. The van der Waals surface area contributed by atoms with E-state index in [0.29, 0.717) is 0 Å². The van der Waals surface area contributed by atoms with Gasteiger partial charge in [-0.1, -0.05) is 48.5 Å². The third kappa shape index (κ3) is 3.96. The number of benzene rings is 2. The van der Waals surface area contributed by atoms with E-state index in [9.17, 15) is 23.8 Å². The van der Waals surface area contributed by atoms with E-state index in [1.807, 2.05) is 29.3 Å². The second kappa shape index (κ2) is 8.50. The first-order chi connectivity index (χ1) is 16.2. The van der Waals surface area contributed by atoms with Crippen molar-refractivity contribution in [2.45, 2.75) is 18.9 Å². The Hall–Kier alpha value is -3.27. The Kier molecular flexibility index (Phi) is 5.63. The van der Waals surface area contributed by atoms with Gasteiger partial charge in [0.1, 0.15) is 6.67 Å². The number of hydrogen-bond acceptors (Lipinski definition) is 6. The van der Waals surface area contributed by atoms with Gasteiger partial charge in [-0.3, -0.25) is 28.4 Å². The molecule has 0 spiro atoms. The van der Waals surface area contributed by atoms with Crippen molar-refractivity contribution in [1.82, 2.24) is 9.58 Å². The molecule has 1 aromatic heterocycles. The Balaban J connectivity index is 1.70. The van der Waals surface area contributed by atoms with Crippen molar-refractivity contribution in [2.24, 2.45) is 0 Å². The van der Waals surface area contributed by atoms with E-state index in [1.165, 1.54) is 34.5 Å². The van der Waals surface area contributed by atoms with E-state index >= 15 is 0 Å². The Morgan fingerprint density at radius 1 is 0.941 bits per heavy atom. The van der Waals surface area contributed by atoms with Gasteiger partial charge in [0.2, 0.25) is 5.43 Å². The molecule has 0 unspecified atom stereocenters. The molecule has 178 valence electrons. The molecule has 5 rings (SSSR count). The van der Waals surface area contributed by atoms with Gasteiger partial charge in [0.15, 0.2) is 11.4 Å². The number of fused-ring (bicyclic) bond motifs is 3. The average molecular weight is 482 g/mol. The van der Waals surface area contributed by atoms with Crippen molar-refractivity contribution < 1.29 is 19.0 Å². The molecule has 3 N–H and O–H groups in total. The summed E-state index contributed by atoms with van der Waals surface area (Å²) in [6, 6.07) is 17.3. The Bertz CT molecular complexity index is 1270. The summed E-state index contributed by atoms with van der Waals surface area (Å²) in [7, 11) is -2.83. The molecule has 1 amide bonds.